The van der Waals surface area contributed by atoms with Crippen molar-refractivity contribution in [2.24, 2.45) is 0 Å². The van der Waals surface area contributed by atoms with E-state index < -0.39 is 23.9 Å². The quantitative estimate of drug-likeness (QED) is 0.758. The van der Waals surface area contributed by atoms with Crippen LogP contribution in [0.15, 0.2) is 22.7 Å². The zero-order valence-corrected chi connectivity index (χ0v) is 13.3. The van der Waals surface area contributed by atoms with Crippen molar-refractivity contribution in [1.82, 2.24) is 5.32 Å². The topological polar surface area (TPSA) is 92.7 Å². The molecular weight excluding hydrogens is 342 g/mol. The Morgan fingerprint density at radius 1 is 1.38 bits per heavy atom. The third kappa shape index (κ3) is 5.18. The minimum atomic E-state index is -1.20. The zero-order valence-electron chi connectivity index (χ0n) is 11.7. The highest BCUT2D eigenvalue weighted by Crippen LogP contribution is 2.18. The molecule has 1 aromatic rings. The van der Waals surface area contributed by atoms with Gasteiger partial charge in [0.05, 0.1) is 12.7 Å². The summed E-state index contributed by atoms with van der Waals surface area (Å²) < 4.78 is 5.03. The molecule has 2 N–H and O–H groups in total. The molecule has 0 saturated heterocycles. The van der Waals surface area contributed by atoms with E-state index in [0.717, 1.165) is 5.56 Å². The first-order valence-electron chi connectivity index (χ1n) is 6.21. The summed E-state index contributed by atoms with van der Waals surface area (Å²) in [5.74, 6) is -2.23. The maximum atomic E-state index is 12.1. The van der Waals surface area contributed by atoms with Crippen LogP contribution in [-0.4, -0.2) is 36.1 Å². The van der Waals surface area contributed by atoms with Crippen LogP contribution in [0.25, 0.3) is 0 Å². The molecule has 0 bridgehead atoms. The van der Waals surface area contributed by atoms with Crippen LogP contribution in [-0.2, 0) is 14.3 Å². The fraction of sp³-hybridized carbons (Fsp3) is 0.357. The summed E-state index contributed by atoms with van der Waals surface area (Å²) in [5, 5.41) is 11.5. The van der Waals surface area contributed by atoms with Crippen molar-refractivity contribution in [2.75, 3.05) is 7.11 Å². The lowest BCUT2D eigenvalue weighted by Crippen LogP contribution is -2.41. The van der Waals surface area contributed by atoms with Gasteiger partial charge in [-0.2, -0.15) is 0 Å². The number of benzene rings is 1. The van der Waals surface area contributed by atoms with Crippen LogP contribution in [0.5, 0.6) is 0 Å². The van der Waals surface area contributed by atoms with E-state index in [4.69, 9.17) is 5.11 Å². The second kappa shape index (κ2) is 7.78. The average molecular weight is 358 g/mol. The van der Waals surface area contributed by atoms with Crippen LogP contribution < -0.4 is 5.32 Å². The molecule has 0 radical (unpaired) electrons. The number of hydrogen-bond donors (Lipinski definition) is 2. The van der Waals surface area contributed by atoms with E-state index in [1.165, 1.54) is 7.11 Å². The van der Waals surface area contributed by atoms with Gasteiger partial charge in [-0.3, -0.25) is 9.59 Å². The fourth-order valence-electron chi connectivity index (χ4n) is 1.66. The number of rotatable bonds is 6. The third-order valence-electron chi connectivity index (χ3n) is 2.84. The summed E-state index contributed by atoms with van der Waals surface area (Å²) in [7, 11) is 1.22. The summed E-state index contributed by atoms with van der Waals surface area (Å²) in [6, 6.07) is 3.97. The minimum absolute atomic E-state index is 0.0305. The summed E-state index contributed by atoms with van der Waals surface area (Å²) in [6.45, 7) is 1.88. The van der Waals surface area contributed by atoms with Gasteiger partial charge in [0, 0.05) is 10.9 Å². The largest absolute Gasteiger partial charge is 0.480 e. The van der Waals surface area contributed by atoms with Crippen LogP contribution in [0.3, 0.4) is 0 Å². The van der Waals surface area contributed by atoms with Crippen molar-refractivity contribution in [1.29, 1.82) is 0 Å². The molecule has 1 aromatic carbocycles. The number of ether oxygens (including phenoxy) is 1. The molecule has 0 aliphatic heterocycles. The van der Waals surface area contributed by atoms with Gasteiger partial charge < -0.3 is 15.2 Å². The molecule has 1 rings (SSSR count). The van der Waals surface area contributed by atoms with Gasteiger partial charge in [-0.05, 0) is 47.0 Å². The van der Waals surface area contributed by atoms with Crippen molar-refractivity contribution in [2.45, 2.75) is 25.8 Å². The first kappa shape index (κ1) is 17.2. The number of halogens is 1. The Bertz CT molecular complexity index is 558. The number of carboxylic acids is 1. The lowest BCUT2D eigenvalue weighted by Gasteiger charge is -2.14. The van der Waals surface area contributed by atoms with E-state index in [1.807, 2.05) is 6.92 Å². The van der Waals surface area contributed by atoms with Gasteiger partial charge in [0.1, 0.15) is 6.04 Å². The predicted molar refractivity (Wildman–Crippen MR) is 79.0 cm³/mol. The van der Waals surface area contributed by atoms with Crippen molar-refractivity contribution >= 4 is 33.8 Å². The fourth-order valence-corrected chi connectivity index (χ4v) is 2.34. The summed E-state index contributed by atoms with van der Waals surface area (Å²) in [5.41, 5.74) is 1.31. The Labute approximate surface area is 130 Å². The second-order valence-corrected chi connectivity index (χ2v) is 5.32. The van der Waals surface area contributed by atoms with Crippen LogP contribution >= 0.6 is 15.9 Å². The SMILES string of the molecule is COC(=O)CC[C@H](NC(=O)c1ccc(C)cc1Br)C(=O)O. The number of hydrogen-bond acceptors (Lipinski definition) is 4. The lowest BCUT2D eigenvalue weighted by molar-refractivity contribution is -0.142. The Balaban J connectivity index is 2.76. The van der Waals surface area contributed by atoms with E-state index in [2.05, 4.69) is 26.0 Å². The molecule has 21 heavy (non-hydrogen) atoms. The number of methoxy groups -OCH3 is 1. The van der Waals surface area contributed by atoms with Crippen LogP contribution in [0, 0.1) is 6.92 Å². The number of carbonyl (C=O) groups excluding carboxylic acids is 2. The molecule has 0 aliphatic carbocycles. The first-order valence-corrected chi connectivity index (χ1v) is 7.01. The molecule has 0 fully saturated rings. The Morgan fingerprint density at radius 2 is 2.05 bits per heavy atom. The number of amides is 1. The zero-order chi connectivity index (χ0) is 16.0. The molecule has 7 heteroatoms. The summed E-state index contributed by atoms with van der Waals surface area (Å²) >= 11 is 3.27. The maximum Gasteiger partial charge on any atom is 0.326 e. The van der Waals surface area contributed by atoms with Gasteiger partial charge in [-0.25, -0.2) is 4.79 Å². The molecule has 6 nitrogen and oxygen atoms in total. The van der Waals surface area contributed by atoms with Crippen LogP contribution in [0.1, 0.15) is 28.8 Å². The summed E-state index contributed by atoms with van der Waals surface area (Å²) in [4.78, 5) is 34.3. The molecule has 114 valence electrons. The molecule has 0 spiro atoms. The minimum Gasteiger partial charge on any atom is -0.480 e. The number of carbonyl (C=O) groups is 3. The van der Waals surface area contributed by atoms with Gasteiger partial charge in [0.25, 0.3) is 5.91 Å². The number of aryl methyl sites for hydroxylation is 1. The molecule has 0 aliphatic rings. The number of aliphatic carboxylic acids is 1. The van der Waals surface area contributed by atoms with Crippen molar-refractivity contribution in [3.63, 3.8) is 0 Å². The van der Waals surface area contributed by atoms with Gasteiger partial charge in [-0.15, -0.1) is 0 Å². The number of esters is 1. The van der Waals surface area contributed by atoms with Gasteiger partial charge >= 0.3 is 11.9 Å². The smallest absolute Gasteiger partial charge is 0.326 e. The number of nitrogens with one attached hydrogen (secondary N) is 1. The Morgan fingerprint density at radius 3 is 2.57 bits per heavy atom. The molecule has 1 amide bonds. The highest BCUT2D eigenvalue weighted by molar-refractivity contribution is 9.10. The maximum absolute atomic E-state index is 12.1. The molecular formula is C14H16BrNO5. The Kier molecular flexibility index (Phi) is 6.36. The highest BCUT2D eigenvalue weighted by atomic mass is 79.9. The standard InChI is InChI=1S/C14H16BrNO5/c1-8-3-4-9(10(15)7-8)13(18)16-11(14(19)20)5-6-12(17)21-2/h3-4,7,11H,5-6H2,1-2H3,(H,16,18)(H,19,20)/t11-/m0/s1. The number of carboxylic acid groups (broad SMARTS) is 1. The van der Waals surface area contributed by atoms with Crippen LogP contribution in [0.2, 0.25) is 0 Å². The van der Waals surface area contributed by atoms with Crippen molar-refractivity contribution < 1.29 is 24.2 Å². The van der Waals surface area contributed by atoms with E-state index in [1.54, 1.807) is 18.2 Å². The van der Waals surface area contributed by atoms with Crippen molar-refractivity contribution in [3.05, 3.63) is 33.8 Å². The molecule has 1 atom stereocenters. The Hall–Kier alpha value is -1.89. The van der Waals surface area contributed by atoms with E-state index >= 15 is 0 Å². The predicted octanol–water partition coefficient (Wildman–Crippen LogP) is 1.89. The summed E-state index contributed by atoms with van der Waals surface area (Å²) in [6.07, 6.45) is -0.111. The molecule has 0 saturated carbocycles. The highest BCUT2D eigenvalue weighted by Gasteiger charge is 2.22. The monoisotopic (exact) mass is 357 g/mol. The van der Waals surface area contributed by atoms with Gasteiger partial charge in [0.2, 0.25) is 0 Å². The first-order chi connectivity index (χ1) is 9.85. The van der Waals surface area contributed by atoms with E-state index in [0.29, 0.717) is 10.0 Å². The molecule has 0 heterocycles. The molecule has 0 aromatic heterocycles. The normalized spacial score (nSPS) is 11.6. The average Bonchev–Trinajstić information content (AvgIpc) is 2.42. The van der Waals surface area contributed by atoms with Crippen LogP contribution in [0.4, 0.5) is 0 Å². The van der Waals surface area contributed by atoms with E-state index in [9.17, 15) is 14.4 Å². The lowest BCUT2D eigenvalue weighted by atomic mass is 10.1. The van der Waals surface area contributed by atoms with Gasteiger partial charge in [0.15, 0.2) is 0 Å². The van der Waals surface area contributed by atoms with Gasteiger partial charge in [-0.1, -0.05) is 6.07 Å². The third-order valence-corrected chi connectivity index (χ3v) is 3.49. The van der Waals surface area contributed by atoms with Crippen molar-refractivity contribution in [3.8, 4) is 0 Å². The molecule has 0 unspecified atom stereocenters. The van der Waals surface area contributed by atoms with E-state index in [-0.39, 0.29) is 12.8 Å². The second-order valence-electron chi connectivity index (χ2n) is 4.46.